The molecule has 0 amide bonds. The lowest BCUT2D eigenvalue weighted by Gasteiger charge is -1.97. The van der Waals surface area contributed by atoms with E-state index in [1.165, 1.54) is 18.3 Å². The normalized spacial score (nSPS) is 10.9. The molecule has 4 rings (SSSR count). The van der Waals surface area contributed by atoms with Crippen molar-refractivity contribution in [1.29, 1.82) is 5.26 Å². The highest BCUT2D eigenvalue weighted by Gasteiger charge is 2.14. The third-order valence-electron chi connectivity index (χ3n) is 4.14. The molecule has 142 valence electrons. The zero-order valence-corrected chi connectivity index (χ0v) is 15.4. The van der Waals surface area contributed by atoms with E-state index in [1.54, 1.807) is 24.3 Å². The second-order valence-corrected chi connectivity index (χ2v) is 6.25. The van der Waals surface area contributed by atoms with Crippen molar-refractivity contribution in [2.45, 2.75) is 6.92 Å². The first-order valence-corrected chi connectivity index (χ1v) is 8.75. The number of rotatable bonds is 5. The van der Waals surface area contributed by atoms with E-state index in [4.69, 9.17) is 8.83 Å². The van der Waals surface area contributed by atoms with Gasteiger partial charge >= 0.3 is 0 Å². The van der Waals surface area contributed by atoms with Crippen molar-refractivity contribution in [2.24, 2.45) is 5.10 Å². The monoisotopic (exact) mass is 386 g/mol. The first-order chi connectivity index (χ1) is 14.1. The zero-order valence-electron chi connectivity index (χ0n) is 15.4. The quantitative estimate of drug-likeness (QED) is 0.368. The van der Waals surface area contributed by atoms with Gasteiger partial charge in [-0.15, -0.1) is 0 Å². The average Bonchev–Trinajstić information content (AvgIpc) is 3.36. The van der Waals surface area contributed by atoms with Gasteiger partial charge in [0.25, 0.3) is 5.88 Å². The molecular formula is C22H15FN4O2. The van der Waals surface area contributed by atoms with Gasteiger partial charge < -0.3 is 8.83 Å². The van der Waals surface area contributed by atoms with Crippen LogP contribution < -0.4 is 5.43 Å². The molecule has 0 saturated heterocycles. The molecule has 0 fully saturated rings. The number of hydrogen-bond donors (Lipinski definition) is 1. The van der Waals surface area contributed by atoms with Gasteiger partial charge in [0.15, 0.2) is 0 Å². The predicted octanol–water partition coefficient (Wildman–Crippen LogP) is 5.37. The summed E-state index contributed by atoms with van der Waals surface area (Å²) in [5.74, 6) is 1.23. The lowest BCUT2D eigenvalue weighted by molar-refractivity contribution is 0.573. The van der Waals surface area contributed by atoms with Gasteiger partial charge in [-0.1, -0.05) is 17.7 Å². The van der Waals surface area contributed by atoms with Crippen molar-refractivity contribution in [3.63, 3.8) is 0 Å². The number of hydrogen-bond acceptors (Lipinski definition) is 6. The van der Waals surface area contributed by atoms with Crippen molar-refractivity contribution < 1.29 is 13.2 Å². The van der Waals surface area contributed by atoms with Gasteiger partial charge in [0, 0.05) is 11.1 Å². The lowest BCUT2D eigenvalue weighted by Crippen LogP contribution is -1.90. The molecular weight excluding hydrogens is 371 g/mol. The fraction of sp³-hybridized carbons (Fsp3) is 0.0455. The third kappa shape index (κ3) is 4.06. The standard InChI is InChI=1S/C22H15FN4O2/c1-14-2-4-16(5-3-14)21-26-19(12-24)22(29-21)27-25-13-18-10-11-20(28-18)15-6-8-17(23)9-7-15/h2-11,13,27H,1H3/b25-13+. The number of aryl methyl sites for hydroxylation is 1. The minimum absolute atomic E-state index is 0.101. The van der Waals surface area contributed by atoms with Gasteiger partial charge in [-0.2, -0.15) is 15.3 Å². The maximum absolute atomic E-state index is 13.0. The summed E-state index contributed by atoms with van der Waals surface area (Å²) in [6, 6.07) is 19.1. The lowest BCUT2D eigenvalue weighted by atomic mass is 10.1. The molecule has 0 atom stereocenters. The molecule has 2 heterocycles. The summed E-state index contributed by atoms with van der Waals surface area (Å²) < 4.78 is 24.3. The number of oxazole rings is 1. The van der Waals surface area contributed by atoms with Crippen LogP contribution in [0.4, 0.5) is 10.3 Å². The van der Waals surface area contributed by atoms with Crippen molar-refractivity contribution >= 4 is 12.1 Å². The smallest absolute Gasteiger partial charge is 0.252 e. The summed E-state index contributed by atoms with van der Waals surface area (Å²) in [5, 5.41) is 13.3. The minimum Gasteiger partial charge on any atom is -0.455 e. The molecule has 1 N–H and O–H groups in total. The van der Waals surface area contributed by atoms with Gasteiger partial charge in [0.2, 0.25) is 11.6 Å². The Morgan fingerprint density at radius 1 is 1.00 bits per heavy atom. The fourth-order valence-electron chi connectivity index (χ4n) is 2.64. The van der Waals surface area contributed by atoms with Crippen LogP contribution in [0.2, 0.25) is 0 Å². The topological polar surface area (TPSA) is 87.4 Å². The van der Waals surface area contributed by atoms with Crippen LogP contribution in [0.15, 0.2) is 74.6 Å². The number of nitriles is 1. The molecule has 2 aromatic carbocycles. The molecule has 7 heteroatoms. The Hall–Kier alpha value is -4.18. The number of nitrogens with one attached hydrogen (secondary N) is 1. The van der Waals surface area contributed by atoms with Gasteiger partial charge in [-0.25, -0.2) is 9.82 Å². The predicted molar refractivity (Wildman–Crippen MR) is 107 cm³/mol. The molecule has 4 aromatic rings. The van der Waals surface area contributed by atoms with Crippen LogP contribution in [0.5, 0.6) is 0 Å². The van der Waals surface area contributed by atoms with Gasteiger partial charge in [-0.3, -0.25) is 0 Å². The number of aromatic nitrogens is 1. The van der Waals surface area contributed by atoms with Crippen LogP contribution in [-0.2, 0) is 0 Å². The Kier molecular flexibility index (Phi) is 4.91. The highest BCUT2D eigenvalue weighted by molar-refractivity contribution is 5.78. The van der Waals surface area contributed by atoms with Gasteiger partial charge in [0.1, 0.15) is 23.4 Å². The molecule has 0 spiro atoms. The SMILES string of the molecule is Cc1ccc(-c2nc(C#N)c(N/N=C/c3ccc(-c4ccc(F)cc4)o3)o2)cc1. The van der Waals surface area contributed by atoms with E-state index >= 15 is 0 Å². The number of nitrogens with zero attached hydrogens (tertiary/aromatic N) is 3. The maximum Gasteiger partial charge on any atom is 0.252 e. The third-order valence-corrected chi connectivity index (χ3v) is 4.14. The Morgan fingerprint density at radius 2 is 1.72 bits per heavy atom. The summed E-state index contributed by atoms with van der Waals surface area (Å²) in [6.45, 7) is 1.98. The van der Waals surface area contributed by atoms with E-state index in [0.717, 1.165) is 16.7 Å². The van der Waals surface area contributed by atoms with Gasteiger partial charge in [-0.05, 0) is 55.5 Å². The summed E-state index contributed by atoms with van der Waals surface area (Å²) in [5.41, 5.74) is 5.41. The number of anilines is 1. The second kappa shape index (κ2) is 7.82. The number of benzene rings is 2. The van der Waals surface area contributed by atoms with Gasteiger partial charge in [0.05, 0.1) is 6.21 Å². The highest BCUT2D eigenvalue weighted by atomic mass is 19.1. The van der Waals surface area contributed by atoms with E-state index < -0.39 is 0 Å². The molecule has 0 aliphatic rings. The molecule has 0 saturated carbocycles. The van der Waals surface area contributed by atoms with Crippen LogP contribution in [0.25, 0.3) is 22.8 Å². The molecule has 0 aliphatic heterocycles. The van der Waals surface area contributed by atoms with Crippen molar-refractivity contribution in [3.05, 3.63) is 83.5 Å². The number of furan rings is 1. The average molecular weight is 386 g/mol. The van der Waals surface area contributed by atoms with E-state index in [9.17, 15) is 9.65 Å². The maximum atomic E-state index is 13.0. The molecule has 0 unspecified atom stereocenters. The first kappa shape index (κ1) is 18.2. The van der Waals surface area contributed by atoms with Crippen molar-refractivity contribution in [2.75, 3.05) is 5.43 Å². The van der Waals surface area contributed by atoms with Crippen LogP contribution in [0.1, 0.15) is 17.0 Å². The first-order valence-electron chi connectivity index (χ1n) is 8.75. The van der Waals surface area contributed by atoms with E-state index in [1.807, 2.05) is 37.3 Å². The Morgan fingerprint density at radius 3 is 2.45 bits per heavy atom. The summed E-state index contributed by atoms with van der Waals surface area (Å²) in [7, 11) is 0. The van der Waals surface area contributed by atoms with Crippen molar-refractivity contribution in [1.82, 2.24) is 4.98 Å². The molecule has 29 heavy (non-hydrogen) atoms. The Balaban J connectivity index is 1.49. The molecule has 6 nitrogen and oxygen atoms in total. The summed E-state index contributed by atoms with van der Waals surface area (Å²) >= 11 is 0. The molecule has 0 aliphatic carbocycles. The van der Waals surface area contributed by atoms with Crippen LogP contribution >= 0.6 is 0 Å². The number of halogens is 1. The molecule has 0 radical (unpaired) electrons. The van der Waals surface area contributed by atoms with Crippen LogP contribution in [0.3, 0.4) is 0 Å². The van der Waals surface area contributed by atoms with Crippen LogP contribution in [-0.4, -0.2) is 11.2 Å². The zero-order chi connectivity index (χ0) is 20.2. The summed E-state index contributed by atoms with van der Waals surface area (Å²) in [6.07, 6.45) is 1.45. The largest absolute Gasteiger partial charge is 0.455 e. The van der Waals surface area contributed by atoms with E-state index in [2.05, 4.69) is 15.5 Å². The fourth-order valence-corrected chi connectivity index (χ4v) is 2.64. The minimum atomic E-state index is -0.309. The Bertz CT molecular complexity index is 1200. The Labute approximate surface area is 165 Å². The highest BCUT2D eigenvalue weighted by Crippen LogP contribution is 2.26. The summed E-state index contributed by atoms with van der Waals surface area (Å²) in [4.78, 5) is 4.19. The number of hydrazone groups is 1. The second-order valence-electron chi connectivity index (χ2n) is 6.25. The molecule has 0 bridgehead atoms. The van der Waals surface area contributed by atoms with Crippen LogP contribution in [0, 0.1) is 24.1 Å². The van der Waals surface area contributed by atoms with E-state index in [-0.39, 0.29) is 17.4 Å². The van der Waals surface area contributed by atoms with E-state index in [0.29, 0.717) is 17.4 Å². The van der Waals surface area contributed by atoms with Crippen molar-refractivity contribution in [3.8, 4) is 28.8 Å². The molecule has 2 aromatic heterocycles.